The van der Waals surface area contributed by atoms with E-state index in [1.54, 1.807) is 0 Å². The van der Waals surface area contributed by atoms with E-state index in [1.165, 1.54) is 11.1 Å². The molecule has 2 fully saturated rings. The Morgan fingerprint density at radius 1 is 1.30 bits per heavy atom. The molecule has 6 nitrogen and oxygen atoms in total. The first-order valence-electron chi connectivity index (χ1n) is 9.81. The van der Waals surface area contributed by atoms with Crippen LogP contribution in [0.3, 0.4) is 0 Å². The van der Waals surface area contributed by atoms with Crippen LogP contribution in [0.15, 0.2) is 29.3 Å². The second-order valence-corrected chi connectivity index (χ2v) is 7.63. The van der Waals surface area contributed by atoms with Crippen LogP contribution in [0.2, 0.25) is 0 Å². The number of likely N-dealkylation sites (tertiary alicyclic amines) is 1. The molecule has 27 heavy (non-hydrogen) atoms. The Hall–Kier alpha value is -2.63. The monoisotopic (exact) mass is 365 g/mol. The lowest BCUT2D eigenvalue weighted by atomic mass is 9.98. The van der Waals surface area contributed by atoms with Crippen molar-refractivity contribution in [2.24, 2.45) is 4.99 Å². The summed E-state index contributed by atoms with van der Waals surface area (Å²) < 4.78 is 5.48. The number of rotatable bonds is 2. The molecule has 0 bridgehead atoms. The Morgan fingerprint density at radius 3 is 2.89 bits per heavy atom. The van der Waals surface area contributed by atoms with Crippen molar-refractivity contribution in [2.45, 2.75) is 51.2 Å². The van der Waals surface area contributed by atoms with Crippen LogP contribution in [0.25, 0.3) is 5.57 Å². The number of anilines is 1. The first-order chi connectivity index (χ1) is 13.2. The fourth-order valence-corrected chi connectivity index (χ4v) is 4.68. The maximum absolute atomic E-state index is 12.2. The number of amides is 2. The van der Waals surface area contributed by atoms with Crippen LogP contribution < -0.4 is 4.90 Å². The topological polar surface area (TPSA) is 62.2 Å². The minimum atomic E-state index is -0.222. The second-order valence-electron chi connectivity index (χ2n) is 7.63. The molecule has 2 unspecified atom stereocenters. The molecule has 5 rings (SSSR count). The zero-order chi connectivity index (χ0) is 18.5. The van der Waals surface area contributed by atoms with Gasteiger partial charge >= 0.3 is 6.09 Å². The van der Waals surface area contributed by atoms with Gasteiger partial charge < -0.3 is 9.64 Å². The number of ether oxygens (including phenoxy) is 1. The number of cyclic esters (lactones) is 1. The van der Waals surface area contributed by atoms with Gasteiger partial charge in [-0.1, -0.05) is 19.1 Å². The van der Waals surface area contributed by atoms with Crippen LogP contribution in [-0.2, 0) is 16.0 Å². The summed E-state index contributed by atoms with van der Waals surface area (Å²) in [5.41, 5.74) is 4.53. The summed E-state index contributed by atoms with van der Waals surface area (Å²) in [5.74, 6) is 1.10. The van der Waals surface area contributed by atoms with Crippen molar-refractivity contribution in [3.05, 3.63) is 35.4 Å². The Morgan fingerprint density at radius 2 is 2.19 bits per heavy atom. The fraction of sp³-hybridized carbons (Fsp3) is 0.476. The van der Waals surface area contributed by atoms with Gasteiger partial charge in [-0.15, -0.1) is 0 Å². The van der Waals surface area contributed by atoms with Gasteiger partial charge in [0, 0.05) is 19.4 Å². The molecule has 2 atom stereocenters. The summed E-state index contributed by atoms with van der Waals surface area (Å²) in [7, 11) is 0. The minimum Gasteiger partial charge on any atom is -0.444 e. The number of dihydropyridines is 1. The molecular weight excluding hydrogens is 342 g/mol. The highest BCUT2D eigenvalue weighted by molar-refractivity contribution is 6.01. The first-order valence-corrected chi connectivity index (χ1v) is 9.81. The smallest absolute Gasteiger partial charge is 0.415 e. The van der Waals surface area contributed by atoms with Gasteiger partial charge in [-0.05, 0) is 48.1 Å². The lowest BCUT2D eigenvalue weighted by Gasteiger charge is -2.21. The van der Waals surface area contributed by atoms with E-state index in [0.29, 0.717) is 19.4 Å². The van der Waals surface area contributed by atoms with Crippen molar-refractivity contribution in [2.75, 3.05) is 18.0 Å². The molecule has 0 N–H and O–H groups in total. The number of carbonyl (C=O) groups is 2. The molecule has 4 heterocycles. The van der Waals surface area contributed by atoms with Gasteiger partial charge in [0.2, 0.25) is 5.91 Å². The summed E-state index contributed by atoms with van der Waals surface area (Å²) in [6.07, 6.45) is 5.90. The largest absolute Gasteiger partial charge is 0.444 e. The van der Waals surface area contributed by atoms with Crippen LogP contribution in [0, 0.1) is 0 Å². The highest BCUT2D eigenvalue weighted by atomic mass is 16.6. The number of benzene rings is 1. The predicted octanol–water partition coefficient (Wildman–Crippen LogP) is 3.15. The molecule has 140 valence electrons. The van der Waals surface area contributed by atoms with Gasteiger partial charge in [-0.3, -0.25) is 14.7 Å². The van der Waals surface area contributed by atoms with Crippen molar-refractivity contribution in [3.63, 3.8) is 0 Å². The number of carbonyl (C=O) groups excluding carboxylic acids is 2. The summed E-state index contributed by atoms with van der Waals surface area (Å²) >= 11 is 0. The molecule has 0 aliphatic carbocycles. The number of fused-ring (bicyclic) bond motifs is 3. The Kier molecular flexibility index (Phi) is 3.81. The Labute approximate surface area is 158 Å². The van der Waals surface area contributed by atoms with Crippen LogP contribution in [0.1, 0.15) is 43.7 Å². The maximum atomic E-state index is 12.2. The van der Waals surface area contributed by atoms with Crippen LogP contribution >= 0.6 is 0 Å². The quantitative estimate of drug-likeness (QED) is 0.809. The molecule has 2 saturated heterocycles. The molecule has 4 aliphatic heterocycles. The van der Waals surface area contributed by atoms with Gasteiger partial charge in [-0.25, -0.2) is 4.79 Å². The number of hydrogen-bond donors (Lipinski definition) is 0. The van der Waals surface area contributed by atoms with E-state index >= 15 is 0 Å². The zero-order valence-electron chi connectivity index (χ0n) is 15.5. The van der Waals surface area contributed by atoms with Crippen molar-refractivity contribution in [1.29, 1.82) is 0 Å². The number of hydrogen-bond acceptors (Lipinski definition) is 4. The normalized spacial score (nSPS) is 26.7. The number of nitrogens with zero attached hydrogens (tertiary/aromatic N) is 3. The van der Waals surface area contributed by atoms with Gasteiger partial charge in [0.25, 0.3) is 0 Å². The highest BCUT2D eigenvalue weighted by Gasteiger charge is 2.46. The molecule has 0 radical (unpaired) electrons. The van der Waals surface area contributed by atoms with Gasteiger partial charge in [0.05, 0.1) is 18.3 Å². The van der Waals surface area contributed by atoms with Gasteiger partial charge in [-0.2, -0.15) is 0 Å². The maximum Gasteiger partial charge on any atom is 0.415 e. The van der Waals surface area contributed by atoms with Gasteiger partial charge in [0.15, 0.2) is 0 Å². The van der Waals surface area contributed by atoms with Gasteiger partial charge in [0.1, 0.15) is 11.9 Å². The molecule has 1 aromatic rings. The third kappa shape index (κ3) is 2.58. The van der Waals surface area contributed by atoms with E-state index in [4.69, 9.17) is 4.74 Å². The van der Waals surface area contributed by atoms with E-state index in [9.17, 15) is 9.59 Å². The minimum absolute atomic E-state index is 0.0209. The molecule has 6 heteroatoms. The number of aliphatic imine (C=N–C) groups is 1. The van der Waals surface area contributed by atoms with Crippen molar-refractivity contribution in [1.82, 2.24) is 4.90 Å². The Balaban J connectivity index is 1.36. The third-order valence-electron chi connectivity index (χ3n) is 6.10. The van der Waals surface area contributed by atoms with Crippen molar-refractivity contribution < 1.29 is 14.3 Å². The summed E-state index contributed by atoms with van der Waals surface area (Å²) in [5, 5.41) is 0. The summed E-state index contributed by atoms with van der Waals surface area (Å²) in [6.45, 7) is 3.46. The standard InChI is InChI=1S/C21H23N3O3/c1-2-18-17-11-15-10-13(5-7-16(15)24(17)21(26)27-18)14-6-8-19(22-12-14)23-9-3-4-20(23)25/h5-7,10,17-18H,2-4,8-9,11-12H2,1H3. The van der Waals surface area contributed by atoms with Crippen molar-refractivity contribution in [3.8, 4) is 0 Å². The van der Waals surface area contributed by atoms with E-state index in [0.717, 1.165) is 42.9 Å². The first kappa shape index (κ1) is 16.5. The van der Waals surface area contributed by atoms with E-state index < -0.39 is 0 Å². The van der Waals surface area contributed by atoms with Crippen LogP contribution in [0.4, 0.5) is 10.5 Å². The summed E-state index contributed by atoms with van der Waals surface area (Å²) in [6, 6.07) is 6.43. The molecule has 1 aromatic carbocycles. The van der Waals surface area contributed by atoms with E-state index in [2.05, 4.69) is 30.1 Å². The molecule has 0 aromatic heterocycles. The fourth-order valence-electron chi connectivity index (χ4n) is 4.68. The SMILES string of the molecule is CCC1OC(=O)N2c3ccc(C4=CCC(N5CCCC5=O)=NC4)cc3CC12. The van der Waals surface area contributed by atoms with Crippen molar-refractivity contribution >= 4 is 29.1 Å². The van der Waals surface area contributed by atoms with E-state index in [1.807, 2.05) is 15.9 Å². The second kappa shape index (κ2) is 6.22. The third-order valence-corrected chi connectivity index (χ3v) is 6.10. The molecule has 0 saturated carbocycles. The molecule has 4 aliphatic rings. The molecule has 0 spiro atoms. The van der Waals surface area contributed by atoms with Crippen LogP contribution in [0.5, 0.6) is 0 Å². The zero-order valence-corrected chi connectivity index (χ0v) is 15.5. The highest BCUT2D eigenvalue weighted by Crippen LogP contribution is 2.40. The number of amidine groups is 1. The Bertz CT molecular complexity index is 889. The predicted molar refractivity (Wildman–Crippen MR) is 103 cm³/mol. The summed E-state index contributed by atoms with van der Waals surface area (Å²) in [4.78, 5) is 32.4. The van der Waals surface area contributed by atoms with Crippen LogP contribution in [-0.4, -0.2) is 48.0 Å². The molecular formula is C21H23N3O3. The average molecular weight is 365 g/mol. The van der Waals surface area contributed by atoms with E-state index in [-0.39, 0.29) is 24.1 Å². The lowest BCUT2D eigenvalue weighted by Crippen LogP contribution is -2.33. The molecule has 2 amide bonds. The lowest BCUT2D eigenvalue weighted by molar-refractivity contribution is -0.124. The average Bonchev–Trinajstić information content (AvgIpc) is 3.36.